The minimum atomic E-state index is 0.255. The van der Waals surface area contributed by atoms with Crippen LogP contribution in [-0.4, -0.2) is 44.6 Å². The molecule has 4 heteroatoms. The monoisotopic (exact) mass is 262 g/mol. The van der Waals surface area contributed by atoms with Gasteiger partial charge >= 0.3 is 0 Å². The summed E-state index contributed by atoms with van der Waals surface area (Å²) in [5.41, 5.74) is 1.30. The van der Waals surface area contributed by atoms with E-state index in [2.05, 4.69) is 17.4 Å². The van der Waals surface area contributed by atoms with Gasteiger partial charge in [0.15, 0.2) is 0 Å². The van der Waals surface area contributed by atoms with Crippen LogP contribution >= 0.6 is 0 Å². The normalized spacial score (nSPS) is 18.6. The summed E-state index contributed by atoms with van der Waals surface area (Å²) in [5.74, 6) is 1.60. The first kappa shape index (κ1) is 13.9. The van der Waals surface area contributed by atoms with Crippen molar-refractivity contribution in [2.75, 3.05) is 33.8 Å². The van der Waals surface area contributed by atoms with E-state index in [-0.39, 0.29) is 5.91 Å². The molecule has 1 aliphatic heterocycles. The minimum Gasteiger partial charge on any atom is -0.497 e. The van der Waals surface area contributed by atoms with Crippen molar-refractivity contribution in [1.82, 2.24) is 10.2 Å². The molecule has 1 unspecified atom stereocenters. The van der Waals surface area contributed by atoms with E-state index in [4.69, 9.17) is 4.74 Å². The van der Waals surface area contributed by atoms with E-state index in [0.29, 0.717) is 12.3 Å². The molecule has 0 aromatic heterocycles. The summed E-state index contributed by atoms with van der Waals surface area (Å²) >= 11 is 0. The van der Waals surface area contributed by atoms with Gasteiger partial charge in [0.25, 0.3) is 0 Å². The largest absolute Gasteiger partial charge is 0.497 e. The molecule has 0 radical (unpaired) electrons. The quantitative estimate of drug-likeness (QED) is 0.876. The van der Waals surface area contributed by atoms with E-state index >= 15 is 0 Å². The summed E-state index contributed by atoms with van der Waals surface area (Å²) in [7, 11) is 3.55. The van der Waals surface area contributed by atoms with E-state index in [1.165, 1.54) is 5.56 Å². The van der Waals surface area contributed by atoms with Gasteiger partial charge in [0, 0.05) is 32.0 Å². The molecule has 1 aromatic carbocycles. The second-order valence-electron chi connectivity index (χ2n) is 4.95. The van der Waals surface area contributed by atoms with Crippen LogP contribution in [0.4, 0.5) is 0 Å². The number of methoxy groups -OCH3 is 1. The Morgan fingerprint density at radius 3 is 2.79 bits per heavy atom. The fourth-order valence-corrected chi connectivity index (χ4v) is 2.52. The van der Waals surface area contributed by atoms with Crippen LogP contribution in [0.5, 0.6) is 5.75 Å². The highest BCUT2D eigenvalue weighted by atomic mass is 16.5. The zero-order valence-electron chi connectivity index (χ0n) is 11.7. The van der Waals surface area contributed by atoms with E-state index in [0.717, 1.165) is 31.8 Å². The zero-order valence-corrected chi connectivity index (χ0v) is 11.7. The van der Waals surface area contributed by atoms with Gasteiger partial charge in [0.1, 0.15) is 5.75 Å². The van der Waals surface area contributed by atoms with Crippen molar-refractivity contribution in [1.29, 1.82) is 0 Å². The molecule has 1 aromatic rings. The van der Waals surface area contributed by atoms with Crippen LogP contribution in [-0.2, 0) is 4.79 Å². The van der Waals surface area contributed by atoms with Crippen molar-refractivity contribution < 1.29 is 9.53 Å². The van der Waals surface area contributed by atoms with Crippen LogP contribution in [0, 0.1) is 0 Å². The van der Waals surface area contributed by atoms with E-state index in [1.807, 2.05) is 24.1 Å². The number of ether oxygens (including phenoxy) is 1. The van der Waals surface area contributed by atoms with Crippen molar-refractivity contribution in [2.24, 2.45) is 0 Å². The van der Waals surface area contributed by atoms with Gasteiger partial charge in [-0.15, -0.1) is 0 Å². The van der Waals surface area contributed by atoms with Crippen LogP contribution < -0.4 is 10.1 Å². The number of nitrogens with one attached hydrogen (secondary N) is 1. The third-order valence-electron chi connectivity index (χ3n) is 3.72. The molecule has 1 heterocycles. The Morgan fingerprint density at radius 2 is 2.16 bits per heavy atom. The van der Waals surface area contributed by atoms with E-state index in [9.17, 15) is 4.79 Å². The summed E-state index contributed by atoms with van der Waals surface area (Å²) in [4.78, 5) is 13.9. The highest BCUT2D eigenvalue weighted by Gasteiger charge is 2.26. The molecular formula is C15H22N2O2. The summed E-state index contributed by atoms with van der Waals surface area (Å²) in [6, 6.07) is 8.18. The molecule has 0 saturated carbocycles. The van der Waals surface area contributed by atoms with Crippen molar-refractivity contribution in [3.63, 3.8) is 0 Å². The second-order valence-corrected chi connectivity index (χ2v) is 4.95. The average Bonchev–Trinajstić information content (AvgIpc) is 2.94. The molecule has 19 heavy (non-hydrogen) atoms. The molecule has 1 atom stereocenters. The Bertz CT molecular complexity index is 417. The molecular weight excluding hydrogens is 240 g/mol. The molecule has 1 aliphatic rings. The topological polar surface area (TPSA) is 41.6 Å². The van der Waals surface area contributed by atoms with Gasteiger partial charge in [-0.25, -0.2) is 0 Å². The number of nitrogens with zero attached hydrogens (tertiary/aromatic N) is 1. The van der Waals surface area contributed by atoms with Crippen molar-refractivity contribution >= 4 is 5.91 Å². The Balaban J connectivity index is 1.91. The number of hydrogen-bond acceptors (Lipinski definition) is 3. The number of amides is 1. The molecule has 1 N–H and O–H groups in total. The molecule has 4 nitrogen and oxygen atoms in total. The van der Waals surface area contributed by atoms with Gasteiger partial charge in [-0.3, -0.25) is 4.79 Å². The number of carbonyl (C=O) groups excluding carboxylic acids is 1. The van der Waals surface area contributed by atoms with Crippen LogP contribution in [0.2, 0.25) is 0 Å². The van der Waals surface area contributed by atoms with E-state index < -0.39 is 0 Å². The van der Waals surface area contributed by atoms with Crippen molar-refractivity contribution in [2.45, 2.75) is 18.8 Å². The molecule has 1 amide bonds. The lowest BCUT2D eigenvalue weighted by atomic mass is 9.98. The number of hydrogen-bond donors (Lipinski definition) is 1. The van der Waals surface area contributed by atoms with Crippen LogP contribution in [0.3, 0.4) is 0 Å². The van der Waals surface area contributed by atoms with Crippen LogP contribution in [0.15, 0.2) is 24.3 Å². The third-order valence-corrected chi connectivity index (χ3v) is 3.72. The van der Waals surface area contributed by atoms with Gasteiger partial charge in [0.2, 0.25) is 5.91 Å². The lowest BCUT2D eigenvalue weighted by Gasteiger charge is -2.16. The lowest BCUT2D eigenvalue weighted by Crippen LogP contribution is -2.30. The van der Waals surface area contributed by atoms with Gasteiger partial charge in [-0.1, -0.05) is 12.1 Å². The lowest BCUT2D eigenvalue weighted by molar-refractivity contribution is -0.130. The molecule has 2 rings (SSSR count). The third kappa shape index (κ3) is 3.47. The summed E-state index contributed by atoms with van der Waals surface area (Å²) in [5, 5.41) is 3.02. The minimum absolute atomic E-state index is 0.255. The zero-order chi connectivity index (χ0) is 13.7. The number of carbonyl (C=O) groups is 1. The maximum absolute atomic E-state index is 11.9. The van der Waals surface area contributed by atoms with Gasteiger partial charge in [-0.05, 0) is 31.2 Å². The second kappa shape index (κ2) is 6.57. The Kier molecular flexibility index (Phi) is 4.80. The summed E-state index contributed by atoms with van der Waals surface area (Å²) in [6.45, 7) is 2.47. The first-order valence-electron chi connectivity index (χ1n) is 6.81. The van der Waals surface area contributed by atoms with Crippen LogP contribution in [0.1, 0.15) is 24.3 Å². The van der Waals surface area contributed by atoms with Crippen molar-refractivity contribution in [3.05, 3.63) is 29.8 Å². The Hall–Kier alpha value is -1.55. The Morgan fingerprint density at radius 1 is 1.42 bits per heavy atom. The molecule has 104 valence electrons. The fraction of sp³-hybridized carbons (Fsp3) is 0.533. The Labute approximate surface area is 114 Å². The van der Waals surface area contributed by atoms with Gasteiger partial charge < -0.3 is 15.0 Å². The SMILES string of the molecule is CNCCC(=O)N1CCC(c2ccc(OC)cc2)C1. The first-order valence-corrected chi connectivity index (χ1v) is 6.81. The number of benzene rings is 1. The maximum Gasteiger partial charge on any atom is 0.223 e. The summed E-state index contributed by atoms with van der Waals surface area (Å²) in [6.07, 6.45) is 1.64. The molecule has 1 saturated heterocycles. The molecule has 0 bridgehead atoms. The first-order chi connectivity index (χ1) is 9.24. The highest BCUT2D eigenvalue weighted by molar-refractivity contribution is 5.76. The number of rotatable bonds is 5. The molecule has 1 fully saturated rings. The standard InChI is InChI=1S/C15H22N2O2/c1-16-9-7-15(18)17-10-8-13(11-17)12-3-5-14(19-2)6-4-12/h3-6,13,16H,7-11H2,1-2H3. The van der Waals surface area contributed by atoms with Crippen molar-refractivity contribution in [3.8, 4) is 5.75 Å². The maximum atomic E-state index is 11.9. The fourth-order valence-electron chi connectivity index (χ4n) is 2.52. The number of likely N-dealkylation sites (tertiary alicyclic amines) is 1. The van der Waals surface area contributed by atoms with Gasteiger partial charge in [0.05, 0.1) is 7.11 Å². The molecule has 0 spiro atoms. The predicted molar refractivity (Wildman–Crippen MR) is 75.5 cm³/mol. The smallest absolute Gasteiger partial charge is 0.223 e. The average molecular weight is 262 g/mol. The highest BCUT2D eigenvalue weighted by Crippen LogP contribution is 2.28. The molecule has 0 aliphatic carbocycles. The van der Waals surface area contributed by atoms with Crippen LogP contribution in [0.25, 0.3) is 0 Å². The van der Waals surface area contributed by atoms with Gasteiger partial charge in [-0.2, -0.15) is 0 Å². The summed E-state index contributed by atoms with van der Waals surface area (Å²) < 4.78 is 5.16. The van der Waals surface area contributed by atoms with E-state index in [1.54, 1.807) is 7.11 Å². The predicted octanol–water partition coefficient (Wildman–Crippen LogP) is 1.62.